The third-order valence-electron chi connectivity index (χ3n) is 4.19. The Morgan fingerprint density at radius 2 is 1.79 bits per heavy atom. The Balaban J connectivity index is 1.54. The van der Waals surface area contributed by atoms with Crippen molar-refractivity contribution in [3.63, 3.8) is 0 Å². The summed E-state index contributed by atoms with van der Waals surface area (Å²) in [5.41, 5.74) is 1.42. The third kappa shape index (κ3) is 4.23. The van der Waals surface area contributed by atoms with Gasteiger partial charge in [0.15, 0.2) is 17.0 Å². The van der Waals surface area contributed by atoms with Crippen LogP contribution in [0.4, 0.5) is 17.7 Å². The molecular formula is C20H22N8O. The minimum Gasteiger partial charge on any atom is -0.492 e. The zero-order valence-electron chi connectivity index (χ0n) is 16.3. The summed E-state index contributed by atoms with van der Waals surface area (Å²) in [6, 6.07) is 11.6. The van der Waals surface area contributed by atoms with Crippen molar-refractivity contribution in [1.82, 2.24) is 29.5 Å². The first-order valence-corrected chi connectivity index (χ1v) is 9.41. The van der Waals surface area contributed by atoms with E-state index < -0.39 is 0 Å². The fourth-order valence-electron chi connectivity index (χ4n) is 2.93. The molecule has 0 amide bonds. The Bertz CT molecular complexity index is 1070. The zero-order valence-corrected chi connectivity index (χ0v) is 16.3. The van der Waals surface area contributed by atoms with E-state index in [9.17, 15) is 0 Å². The van der Waals surface area contributed by atoms with Crippen LogP contribution in [0.15, 0.2) is 55.1 Å². The van der Waals surface area contributed by atoms with Crippen LogP contribution in [0.25, 0.3) is 11.2 Å². The van der Waals surface area contributed by atoms with Crippen molar-refractivity contribution < 1.29 is 4.74 Å². The van der Waals surface area contributed by atoms with Gasteiger partial charge in [0.1, 0.15) is 18.7 Å². The fraction of sp³-hybridized carbons (Fsp3) is 0.250. The molecule has 0 aliphatic heterocycles. The van der Waals surface area contributed by atoms with Crippen LogP contribution in [0.3, 0.4) is 0 Å². The lowest BCUT2D eigenvalue weighted by molar-refractivity contribution is 0.333. The van der Waals surface area contributed by atoms with Crippen LogP contribution >= 0.6 is 0 Å². The maximum atomic E-state index is 5.73. The molecule has 0 saturated heterocycles. The average molecular weight is 390 g/mol. The zero-order chi connectivity index (χ0) is 20.1. The second-order valence-electron chi connectivity index (χ2n) is 6.58. The molecule has 0 fully saturated rings. The van der Waals surface area contributed by atoms with Crippen LogP contribution in [-0.4, -0.2) is 42.6 Å². The van der Waals surface area contributed by atoms with Crippen LogP contribution in [0, 0.1) is 0 Å². The molecule has 0 bridgehead atoms. The van der Waals surface area contributed by atoms with E-state index in [4.69, 9.17) is 9.72 Å². The van der Waals surface area contributed by atoms with Crippen LogP contribution < -0.4 is 15.4 Å². The molecule has 1 aromatic carbocycles. The summed E-state index contributed by atoms with van der Waals surface area (Å²) in [4.78, 5) is 21.9. The van der Waals surface area contributed by atoms with E-state index >= 15 is 0 Å². The van der Waals surface area contributed by atoms with Gasteiger partial charge in [-0.05, 0) is 32.0 Å². The average Bonchev–Trinajstić information content (AvgIpc) is 3.11. The second-order valence-corrected chi connectivity index (χ2v) is 6.58. The highest BCUT2D eigenvalue weighted by Crippen LogP contribution is 2.27. The maximum Gasteiger partial charge on any atom is 0.229 e. The van der Waals surface area contributed by atoms with Crippen molar-refractivity contribution in [3.8, 4) is 5.75 Å². The number of aromatic nitrogens is 6. The molecule has 29 heavy (non-hydrogen) atoms. The molecule has 2 N–H and O–H groups in total. The molecule has 0 saturated carbocycles. The van der Waals surface area contributed by atoms with Gasteiger partial charge in [0.25, 0.3) is 0 Å². The standard InChI is InChI=1S/C20H22N8O/c1-14(2)28-18-16(26-20(28)27-19-22-9-6-10-23-19)17(24-13-25-18)21-11-12-29-15-7-4-3-5-8-15/h3-10,13-14H,11-12H2,1-2H3,(H,21,24,25)(H,22,23,26,27). The van der Waals surface area contributed by atoms with Crippen LogP contribution in [0.2, 0.25) is 0 Å². The molecule has 0 atom stereocenters. The number of hydrogen-bond donors (Lipinski definition) is 2. The van der Waals surface area contributed by atoms with Crippen molar-refractivity contribution >= 4 is 28.9 Å². The smallest absolute Gasteiger partial charge is 0.229 e. The number of anilines is 3. The van der Waals surface area contributed by atoms with E-state index in [0.29, 0.717) is 36.4 Å². The predicted octanol–water partition coefficient (Wildman–Crippen LogP) is 3.43. The summed E-state index contributed by atoms with van der Waals surface area (Å²) in [6.45, 7) is 5.23. The molecule has 0 spiro atoms. The van der Waals surface area contributed by atoms with E-state index in [1.807, 2.05) is 34.9 Å². The van der Waals surface area contributed by atoms with Gasteiger partial charge in [0.05, 0.1) is 6.54 Å². The lowest BCUT2D eigenvalue weighted by atomic mass is 10.3. The summed E-state index contributed by atoms with van der Waals surface area (Å²) < 4.78 is 7.72. The molecule has 0 aliphatic carbocycles. The summed E-state index contributed by atoms with van der Waals surface area (Å²) in [7, 11) is 0. The van der Waals surface area contributed by atoms with Crippen LogP contribution in [0.1, 0.15) is 19.9 Å². The Hall–Kier alpha value is -3.75. The molecule has 9 nitrogen and oxygen atoms in total. The van der Waals surface area contributed by atoms with E-state index in [2.05, 4.69) is 44.4 Å². The van der Waals surface area contributed by atoms with Crippen molar-refractivity contribution in [2.24, 2.45) is 0 Å². The lowest BCUT2D eigenvalue weighted by Gasteiger charge is -2.12. The Morgan fingerprint density at radius 1 is 1.00 bits per heavy atom. The number of nitrogens with one attached hydrogen (secondary N) is 2. The number of fused-ring (bicyclic) bond motifs is 1. The topological polar surface area (TPSA) is 103 Å². The summed E-state index contributed by atoms with van der Waals surface area (Å²) in [6.07, 6.45) is 4.89. The van der Waals surface area contributed by atoms with E-state index in [1.165, 1.54) is 6.33 Å². The number of ether oxygens (including phenoxy) is 1. The molecule has 148 valence electrons. The Labute approximate surface area is 168 Å². The van der Waals surface area contributed by atoms with Crippen molar-refractivity contribution in [2.75, 3.05) is 23.8 Å². The molecule has 0 aliphatic rings. The summed E-state index contributed by atoms with van der Waals surface area (Å²) in [5, 5.41) is 6.46. The second kappa shape index (κ2) is 8.51. The third-order valence-corrected chi connectivity index (χ3v) is 4.19. The molecule has 4 rings (SSSR count). The first-order valence-electron chi connectivity index (χ1n) is 9.41. The molecule has 0 unspecified atom stereocenters. The van der Waals surface area contributed by atoms with Gasteiger partial charge >= 0.3 is 0 Å². The van der Waals surface area contributed by atoms with Gasteiger partial charge in [0, 0.05) is 18.4 Å². The first kappa shape index (κ1) is 18.6. The predicted molar refractivity (Wildman–Crippen MR) is 111 cm³/mol. The molecular weight excluding hydrogens is 368 g/mol. The minimum absolute atomic E-state index is 0.135. The quantitative estimate of drug-likeness (QED) is 0.441. The van der Waals surface area contributed by atoms with Gasteiger partial charge < -0.3 is 10.1 Å². The lowest BCUT2D eigenvalue weighted by Crippen LogP contribution is -2.13. The first-order chi connectivity index (χ1) is 14.2. The molecule has 9 heteroatoms. The number of benzene rings is 1. The van der Waals surface area contributed by atoms with E-state index in [-0.39, 0.29) is 6.04 Å². The SMILES string of the molecule is CC(C)n1c(Nc2ncccn2)nc2c(NCCOc3ccccc3)ncnc21. The normalized spacial score (nSPS) is 11.0. The summed E-state index contributed by atoms with van der Waals surface area (Å²) >= 11 is 0. The number of hydrogen-bond acceptors (Lipinski definition) is 8. The monoisotopic (exact) mass is 390 g/mol. The Kier molecular flexibility index (Phi) is 5.46. The summed E-state index contributed by atoms with van der Waals surface area (Å²) in [5.74, 6) is 2.58. The van der Waals surface area contributed by atoms with Crippen LogP contribution in [0.5, 0.6) is 5.75 Å². The number of rotatable bonds is 8. The van der Waals surface area contributed by atoms with Gasteiger partial charge in [-0.1, -0.05) is 18.2 Å². The molecule has 3 heterocycles. The highest BCUT2D eigenvalue weighted by atomic mass is 16.5. The van der Waals surface area contributed by atoms with Gasteiger partial charge in [-0.25, -0.2) is 24.9 Å². The highest BCUT2D eigenvalue weighted by molar-refractivity contribution is 5.85. The van der Waals surface area contributed by atoms with Crippen molar-refractivity contribution in [2.45, 2.75) is 19.9 Å². The van der Waals surface area contributed by atoms with Gasteiger partial charge in [-0.15, -0.1) is 0 Å². The molecule has 3 aromatic heterocycles. The number of nitrogens with zero attached hydrogens (tertiary/aromatic N) is 6. The van der Waals surface area contributed by atoms with Crippen molar-refractivity contribution in [3.05, 3.63) is 55.1 Å². The van der Waals surface area contributed by atoms with E-state index in [0.717, 1.165) is 11.4 Å². The van der Waals surface area contributed by atoms with Gasteiger partial charge in [-0.2, -0.15) is 0 Å². The van der Waals surface area contributed by atoms with Gasteiger partial charge in [-0.3, -0.25) is 9.88 Å². The maximum absolute atomic E-state index is 5.73. The number of para-hydroxylation sites is 1. The van der Waals surface area contributed by atoms with E-state index in [1.54, 1.807) is 18.5 Å². The highest BCUT2D eigenvalue weighted by Gasteiger charge is 2.18. The van der Waals surface area contributed by atoms with Crippen LogP contribution in [-0.2, 0) is 0 Å². The van der Waals surface area contributed by atoms with Gasteiger partial charge in [0.2, 0.25) is 11.9 Å². The molecule has 0 radical (unpaired) electrons. The van der Waals surface area contributed by atoms with Crippen molar-refractivity contribution in [1.29, 1.82) is 0 Å². The fourth-order valence-corrected chi connectivity index (χ4v) is 2.93. The molecule has 4 aromatic rings. The minimum atomic E-state index is 0.135. The largest absolute Gasteiger partial charge is 0.492 e. The Morgan fingerprint density at radius 3 is 2.55 bits per heavy atom. The number of imidazole rings is 1.